The van der Waals surface area contributed by atoms with Crippen LogP contribution in [-0.2, 0) is 16.1 Å². The van der Waals surface area contributed by atoms with Crippen molar-refractivity contribution in [1.29, 1.82) is 0 Å². The molecule has 1 unspecified atom stereocenters. The van der Waals surface area contributed by atoms with Crippen molar-refractivity contribution in [3.63, 3.8) is 0 Å². The van der Waals surface area contributed by atoms with Crippen LogP contribution < -0.4 is 14.8 Å². The Kier molecular flexibility index (Phi) is 7.03. The third-order valence-corrected chi connectivity index (χ3v) is 4.44. The largest absolute Gasteiger partial charge is 0.493 e. The maximum absolute atomic E-state index is 12.9. The number of benzene rings is 2. The van der Waals surface area contributed by atoms with Crippen molar-refractivity contribution in [2.45, 2.75) is 25.5 Å². The monoisotopic (exact) mass is 385 g/mol. The molecule has 1 atom stereocenters. The summed E-state index contributed by atoms with van der Waals surface area (Å²) in [4.78, 5) is 12.0. The van der Waals surface area contributed by atoms with Crippen LogP contribution in [0.25, 0.3) is 6.08 Å². The first-order chi connectivity index (χ1) is 13.6. The van der Waals surface area contributed by atoms with Crippen molar-refractivity contribution >= 4 is 12.0 Å². The Labute approximate surface area is 164 Å². The molecule has 0 saturated carbocycles. The predicted octanol–water partition coefficient (Wildman–Crippen LogP) is 3.72. The molecule has 1 amide bonds. The molecule has 1 saturated heterocycles. The summed E-state index contributed by atoms with van der Waals surface area (Å²) in [6, 6.07) is 11.5. The first-order valence-electron chi connectivity index (χ1n) is 9.27. The molecule has 5 nitrogen and oxygen atoms in total. The maximum Gasteiger partial charge on any atom is 0.244 e. The van der Waals surface area contributed by atoms with Gasteiger partial charge in [0.15, 0.2) is 11.5 Å². The summed E-state index contributed by atoms with van der Waals surface area (Å²) in [5.41, 5.74) is 1.65. The number of hydrogen-bond donors (Lipinski definition) is 1. The molecule has 2 aromatic rings. The molecule has 1 aliphatic rings. The van der Waals surface area contributed by atoms with Gasteiger partial charge >= 0.3 is 0 Å². The molecular weight excluding hydrogens is 361 g/mol. The van der Waals surface area contributed by atoms with Crippen LogP contribution in [0, 0.1) is 5.82 Å². The van der Waals surface area contributed by atoms with E-state index in [-0.39, 0.29) is 17.8 Å². The molecule has 0 spiro atoms. The lowest BCUT2D eigenvalue weighted by Crippen LogP contribution is -2.20. The van der Waals surface area contributed by atoms with Crippen LogP contribution in [0.4, 0.5) is 4.39 Å². The zero-order chi connectivity index (χ0) is 19.8. The van der Waals surface area contributed by atoms with E-state index in [1.54, 1.807) is 25.3 Å². The molecule has 1 aliphatic heterocycles. The van der Waals surface area contributed by atoms with Crippen LogP contribution in [0.3, 0.4) is 0 Å². The van der Waals surface area contributed by atoms with Crippen molar-refractivity contribution in [3.05, 3.63) is 65.5 Å². The van der Waals surface area contributed by atoms with E-state index in [9.17, 15) is 9.18 Å². The highest BCUT2D eigenvalue weighted by atomic mass is 19.1. The van der Waals surface area contributed by atoms with Gasteiger partial charge in [-0.2, -0.15) is 0 Å². The van der Waals surface area contributed by atoms with Gasteiger partial charge in [-0.05, 0) is 54.3 Å². The number of carbonyl (C=O) groups is 1. The highest BCUT2D eigenvalue weighted by Crippen LogP contribution is 2.29. The van der Waals surface area contributed by atoms with E-state index in [0.717, 1.165) is 30.6 Å². The minimum atomic E-state index is -0.307. The summed E-state index contributed by atoms with van der Waals surface area (Å²) in [5, 5.41) is 2.81. The SMILES string of the molecule is COc1cc(CNC(=O)/C=C/c2ccc(F)cc2)ccc1OCC1CCCO1. The number of halogens is 1. The number of hydrogen-bond acceptors (Lipinski definition) is 4. The average molecular weight is 385 g/mol. The Hall–Kier alpha value is -2.86. The van der Waals surface area contributed by atoms with Gasteiger partial charge in [0.05, 0.1) is 13.2 Å². The molecule has 1 heterocycles. The number of amides is 1. The number of carbonyl (C=O) groups excluding carboxylic acids is 1. The van der Waals surface area contributed by atoms with Crippen LogP contribution in [-0.4, -0.2) is 32.3 Å². The zero-order valence-corrected chi connectivity index (χ0v) is 15.8. The van der Waals surface area contributed by atoms with Gasteiger partial charge in [-0.15, -0.1) is 0 Å². The second-order valence-electron chi connectivity index (χ2n) is 6.53. The molecule has 2 aromatic carbocycles. The second-order valence-corrected chi connectivity index (χ2v) is 6.53. The summed E-state index contributed by atoms with van der Waals surface area (Å²) in [5.74, 6) is 0.733. The highest BCUT2D eigenvalue weighted by molar-refractivity contribution is 5.91. The second kappa shape index (κ2) is 9.90. The molecule has 1 fully saturated rings. The van der Waals surface area contributed by atoms with Gasteiger partial charge < -0.3 is 19.5 Å². The molecule has 28 heavy (non-hydrogen) atoms. The lowest BCUT2D eigenvalue weighted by atomic mass is 10.2. The standard InChI is InChI=1S/C22H24FNO4/c1-26-21-13-17(6-10-20(21)28-15-19-3-2-12-27-19)14-24-22(25)11-7-16-4-8-18(23)9-5-16/h4-11,13,19H,2-3,12,14-15H2,1H3,(H,24,25)/b11-7+. The lowest BCUT2D eigenvalue weighted by Gasteiger charge is -2.15. The Morgan fingerprint density at radius 3 is 2.79 bits per heavy atom. The van der Waals surface area contributed by atoms with Crippen LogP contribution in [0.15, 0.2) is 48.5 Å². The van der Waals surface area contributed by atoms with Gasteiger partial charge in [-0.1, -0.05) is 18.2 Å². The van der Waals surface area contributed by atoms with Crippen LogP contribution in [0.1, 0.15) is 24.0 Å². The average Bonchev–Trinajstić information content (AvgIpc) is 3.24. The van der Waals surface area contributed by atoms with Crippen LogP contribution in [0.2, 0.25) is 0 Å². The third-order valence-electron chi connectivity index (χ3n) is 4.44. The summed E-state index contributed by atoms with van der Waals surface area (Å²) in [7, 11) is 1.59. The van der Waals surface area contributed by atoms with E-state index in [1.807, 2.05) is 18.2 Å². The van der Waals surface area contributed by atoms with Crippen molar-refractivity contribution in [1.82, 2.24) is 5.32 Å². The molecule has 3 rings (SSSR count). The minimum absolute atomic E-state index is 0.136. The first-order valence-corrected chi connectivity index (χ1v) is 9.27. The minimum Gasteiger partial charge on any atom is -0.493 e. The molecule has 0 aliphatic carbocycles. The Bertz CT molecular complexity index is 814. The van der Waals surface area contributed by atoms with Gasteiger partial charge in [-0.3, -0.25) is 4.79 Å². The van der Waals surface area contributed by atoms with Gasteiger partial charge in [0, 0.05) is 19.2 Å². The van der Waals surface area contributed by atoms with Crippen molar-refractivity contribution in [2.24, 2.45) is 0 Å². The Morgan fingerprint density at radius 1 is 1.25 bits per heavy atom. The fourth-order valence-corrected chi connectivity index (χ4v) is 2.89. The van der Waals surface area contributed by atoms with Crippen molar-refractivity contribution in [2.75, 3.05) is 20.3 Å². The van der Waals surface area contributed by atoms with E-state index in [1.165, 1.54) is 18.2 Å². The van der Waals surface area contributed by atoms with Crippen LogP contribution >= 0.6 is 0 Å². The maximum atomic E-state index is 12.9. The molecule has 0 radical (unpaired) electrons. The topological polar surface area (TPSA) is 56.8 Å². The number of methoxy groups -OCH3 is 1. The van der Waals surface area contributed by atoms with Gasteiger partial charge in [0.1, 0.15) is 12.4 Å². The van der Waals surface area contributed by atoms with Crippen LogP contribution in [0.5, 0.6) is 11.5 Å². The first kappa shape index (κ1) is 19.9. The van der Waals surface area contributed by atoms with Gasteiger partial charge in [0.2, 0.25) is 5.91 Å². The molecule has 0 aromatic heterocycles. The fourth-order valence-electron chi connectivity index (χ4n) is 2.89. The fraction of sp³-hybridized carbons (Fsp3) is 0.318. The quantitative estimate of drug-likeness (QED) is 0.704. The molecule has 6 heteroatoms. The molecular formula is C22H24FNO4. The zero-order valence-electron chi connectivity index (χ0n) is 15.8. The smallest absolute Gasteiger partial charge is 0.244 e. The molecule has 148 valence electrons. The Balaban J connectivity index is 1.51. The molecule has 1 N–H and O–H groups in total. The van der Waals surface area contributed by atoms with E-state index in [0.29, 0.717) is 24.7 Å². The summed E-state index contributed by atoms with van der Waals surface area (Å²) < 4.78 is 29.7. The number of nitrogens with one attached hydrogen (secondary N) is 1. The van der Waals surface area contributed by atoms with E-state index in [2.05, 4.69) is 5.32 Å². The van der Waals surface area contributed by atoms with Gasteiger partial charge in [0.25, 0.3) is 0 Å². The summed E-state index contributed by atoms with van der Waals surface area (Å²) >= 11 is 0. The van der Waals surface area contributed by atoms with Crippen molar-refractivity contribution in [3.8, 4) is 11.5 Å². The third kappa shape index (κ3) is 5.82. The summed E-state index contributed by atoms with van der Waals surface area (Å²) in [6.07, 6.45) is 5.27. The number of rotatable bonds is 8. The van der Waals surface area contributed by atoms with E-state index in [4.69, 9.17) is 14.2 Å². The predicted molar refractivity (Wildman–Crippen MR) is 105 cm³/mol. The Morgan fingerprint density at radius 2 is 2.07 bits per heavy atom. The number of ether oxygens (including phenoxy) is 3. The summed E-state index contributed by atoms with van der Waals surface area (Å²) in [6.45, 7) is 1.65. The lowest BCUT2D eigenvalue weighted by molar-refractivity contribution is -0.116. The van der Waals surface area contributed by atoms with Gasteiger partial charge in [-0.25, -0.2) is 4.39 Å². The normalized spacial score (nSPS) is 16.3. The molecule has 0 bridgehead atoms. The van der Waals surface area contributed by atoms with E-state index >= 15 is 0 Å². The van der Waals surface area contributed by atoms with E-state index < -0.39 is 0 Å². The van der Waals surface area contributed by atoms with Crippen molar-refractivity contribution < 1.29 is 23.4 Å². The highest BCUT2D eigenvalue weighted by Gasteiger charge is 2.17.